The second-order valence-corrected chi connectivity index (χ2v) is 6.52. The molecular weight excluding hydrogens is 278 g/mol. The van der Waals surface area contributed by atoms with E-state index in [9.17, 15) is 4.79 Å². The molecule has 0 amide bonds. The van der Waals surface area contributed by atoms with Gasteiger partial charge in [0.25, 0.3) is 0 Å². The molecule has 1 aromatic carbocycles. The largest absolute Gasteiger partial charge is 0.302 e. The minimum absolute atomic E-state index is 0.0648. The van der Waals surface area contributed by atoms with Gasteiger partial charge in [-0.05, 0) is 25.5 Å². The van der Waals surface area contributed by atoms with E-state index in [2.05, 4.69) is 17.0 Å². The van der Waals surface area contributed by atoms with Gasteiger partial charge in [-0.2, -0.15) is 0 Å². The number of piperidine rings is 1. The van der Waals surface area contributed by atoms with E-state index in [-0.39, 0.29) is 6.04 Å². The summed E-state index contributed by atoms with van der Waals surface area (Å²) >= 11 is 8.20. The second-order valence-electron chi connectivity index (χ2n) is 5.01. The number of benzene rings is 1. The van der Waals surface area contributed by atoms with Crippen LogP contribution < -0.4 is 0 Å². The van der Waals surface area contributed by atoms with Crippen LogP contribution in [-0.4, -0.2) is 23.8 Å². The Bertz CT molecular complexity index is 595. The number of rotatable bonds is 3. The SMILES string of the molecule is O=CC1CCCCN1Cc1sc2ccccc2c1Cl. The highest BCUT2D eigenvalue weighted by Gasteiger charge is 2.23. The van der Waals surface area contributed by atoms with Crippen LogP contribution in [0.15, 0.2) is 24.3 Å². The molecule has 4 heteroatoms. The lowest BCUT2D eigenvalue weighted by atomic mass is 10.0. The summed E-state index contributed by atoms with van der Waals surface area (Å²) in [5.41, 5.74) is 0. The van der Waals surface area contributed by atoms with Gasteiger partial charge in [0, 0.05) is 21.5 Å². The molecule has 100 valence electrons. The monoisotopic (exact) mass is 293 g/mol. The summed E-state index contributed by atoms with van der Waals surface area (Å²) in [7, 11) is 0. The van der Waals surface area contributed by atoms with Crippen LogP contribution in [0.5, 0.6) is 0 Å². The van der Waals surface area contributed by atoms with Crippen molar-refractivity contribution in [2.45, 2.75) is 31.8 Å². The van der Waals surface area contributed by atoms with Crippen LogP contribution in [0, 0.1) is 0 Å². The standard InChI is InChI=1S/C15H16ClNOS/c16-15-12-6-1-2-7-13(12)19-14(15)9-17-8-4-3-5-11(17)10-18/h1-2,6-7,10-11H,3-5,8-9H2. The van der Waals surface area contributed by atoms with E-state index in [4.69, 9.17) is 11.6 Å². The first kappa shape index (κ1) is 13.1. The normalized spacial score (nSPS) is 20.8. The van der Waals surface area contributed by atoms with Gasteiger partial charge in [0.1, 0.15) is 6.29 Å². The number of likely N-dealkylation sites (tertiary alicyclic amines) is 1. The third-order valence-electron chi connectivity index (χ3n) is 3.77. The van der Waals surface area contributed by atoms with Gasteiger partial charge in [-0.1, -0.05) is 36.2 Å². The summed E-state index contributed by atoms with van der Waals surface area (Å²) in [6.45, 7) is 1.79. The molecule has 2 aromatic rings. The van der Waals surface area contributed by atoms with Gasteiger partial charge in [0.2, 0.25) is 0 Å². The van der Waals surface area contributed by atoms with Gasteiger partial charge in [-0.3, -0.25) is 4.90 Å². The number of hydrogen-bond donors (Lipinski definition) is 0. The van der Waals surface area contributed by atoms with Gasteiger partial charge in [-0.25, -0.2) is 0 Å². The summed E-state index contributed by atoms with van der Waals surface area (Å²) in [5.74, 6) is 0. The fraction of sp³-hybridized carbons (Fsp3) is 0.400. The average molecular weight is 294 g/mol. The molecule has 1 aliphatic rings. The van der Waals surface area contributed by atoms with Crippen LogP contribution in [0.25, 0.3) is 10.1 Å². The van der Waals surface area contributed by atoms with Crippen molar-refractivity contribution in [1.29, 1.82) is 0 Å². The maximum Gasteiger partial charge on any atom is 0.137 e. The predicted molar refractivity (Wildman–Crippen MR) is 80.9 cm³/mol. The Labute approximate surface area is 122 Å². The Balaban J connectivity index is 1.88. The van der Waals surface area contributed by atoms with Crippen molar-refractivity contribution in [3.63, 3.8) is 0 Å². The third kappa shape index (κ3) is 2.55. The van der Waals surface area contributed by atoms with Gasteiger partial charge in [0.05, 0.1) is 11.1 Å². The Morgan fingerprint density at radius 2 is 2.21 bits per heavy atom. The fourth-order valence-electron chi connectivity index (χ4n) is 2.72. The summed E-state index contributed by atoms with van der Waals surface area (Å²) in [5, 5.41) is 1.99. The van der Waals surface area contributed by atoms with Gasteiger partial charge >= 0.3 is 0 Å². The lowest BCUT2D eigenvalue weighted by Crippen LogP contribution is -2.39. The molecule has 0 N–H and O–H groups in total. The Hall–Kier alpha value is -0.900. The highest BCUT2D eigenvalue weighted by Crippen LogP contribution is 2.36. The number of carbonyl (C=O) groups excluding carboxylic acids is 1. The molecule has 2 nitrogen and oxygen atoms in total. The summed E-state index contributed by atoms with van der Waals surface area (Å²) in [6.07, 6.45) is 4.39. The van der Waals surface area contributed by atoms with Gasteiger partial charge in [0.15, 0.2) is 0 Å². The molecule has 0 radical (unpaired) electrons. The molecule has 1 aliphatic heterocycles. The summed E-state index contributed by atoms with van der Waals surface area (Å²) in [4.78, 5) is 14.6. The van der Waals surface area contributed by atoms with Crippen molar-refractivity contribution in [2.75, 3.05) is 6.54 Å². The van der Waals surface area contributed by atoms with Gasteiger partial charge in [-0.15, -0.1) is 11.3 Å². The molecule has 0 spiro atoms. The number of carbonyl (C=O) groups is 1. The molecular formula is C15H16ClNOS. The zero-order chi connectivity index (χ0) is 13.2. The zero-order valence-corrected chi connectivity index (χ0v) is 12.2. The Kier molecular flexibility index (Phi) is 3.87. The van der Waals surface area contributed by atoms with Crippen LogP contribution in [0.2, 0.25) is 5.02 Å². The highest BCUT2D eigenvalue weighted by atomic mass is 35.5. The van der Waals surface area contributed by atoms with Crippen LogP contribution in [0.4, 0.5) is 0 Å². The fourth-order valence-corrected chi connectivity index (χ4v) is 4.24. The number of hydrogen-bond acceptors (Lipinski definition) is 3. The minimum atomic E-state index is 0.0648. The molecule has 1 fully saturated rings. The lowest BCUT2D eigenvalue weighted by molar-refractivity contribution is -0.113. The third-order valence-corrected chi connectivity index (χ3v) is 5.47. The summed E-state index contributed by atoms with van der Waals surface area (Å²) < 4.78 is 1.22. The van der Waals surface area contributed by atoms with E-state index in [0.717, 1.165) is 42.6 Å². The van der Waals surface area contributed by atoms with Gasteiger partial charge < -0.3 is 4.79 Å². The number of nitrogens with zero attached hydrogens (tertiary/aromatic N) is 1. The van der Waals surface area contributed by atoms with E-state index < -0.39 is 0 Å². The molecule has 1 unspecified atom stereocenters. The van der Waals surface area contributed by atoms with Crippen molar-refractivity contribution < 1.29 is 4.79 Å². The molecule has 0 saturated carbocycles. The number of thiophene rings is 1. The van der Waals surface area contributed by atoms with E-state index in [1.165, 1.54) is 16.0 Å². The molecule has 1 atom stereocenters. The molecule has 0 bridgehead atoms. The van der Waals surface area contributed by atoms with E-state index in [0.29, 0.717) is 0 Å². The quantitative estimate of drug-likeness (QED) is 0.794. The topological polar surface area (TPSA) is 20.3 Å². The number of halogens is 1. The summed E-state index contributed by atoms with van der Waals surface area (Å²) in [6, 6.07) is 8.27. The maximum absolute atomic E-state index is 11.1. The van der Waals surface area contributed by atoms with E-state index in [1.807, 2.05) is 12.1 Å². The molecule has 1 saturated heterocycles. The Morgan fingerprint density at radius 3 is 3.00 bits per heavy atom. The van der Waals surface area contributed by atoms with Crippen LogP contribution in [0.1, 0.15) is 24.1 Å². The number of aldehydes is 1. The molecule has 0 aliphatic carbocycles. The van der Waals surface area contributed by atoms with Crippen LogP contribution >= 0.6 is 22.9 Å². The van der Waals surface area contributed by atoms with Crippen LogP contribution in [-0.2, 0) is 11.3 Å². The number of fused-ring (bicyclic) bond motifs is 1. The van der Waals surface area contributed by atoms with E-state index >= 15 is 0 Å². The smallest absolute Gasteiger partial charge is 0.137 e. The van der Waals surface area contributed by atoms with Crippen molar-refractivity contribution in [2.24, 2.45) is 0 Å². The first-order valence-corrected chi connectivity index (χ1v) is 7.84. The molecule has 3 rings (SSSR count). The van der Waals surface area contributed by atoms with Crippen molar-refractivity contribution in [3.8, 4) is 0 Å². The van der Waals surface area contributed by atoms with Crippen molar-refractivity contribution >= 4 is 39.3 Å². The first-order valence-electron chi connectivity index (χ1n) is 6.65. The predicted octanol–water partition coefficient (Wildman–Crippen LogP) is 4.11. The average Bonchev–Trinajstić information content (AvgIpc) is 2.77. The van der Waals surface area contributed by atoms with Crippen molar-refractivity contribution in [1.82, 2.24) is 4.90 Å². The Morgan fingerprint density at radius 1 is 1.37 bits per heavy atom. The lowest BCUT2D eigenvalue weighted by Gasteiger charge is -2.31. The highest BCUT2D eigenvalue weighted by molar-refractivity contribution is 7.19. The zero-order valence-electron chi connectivity index (χ0n) is 10.6. The maximum atomic E-state index is 11.1. The molecule has 19 heavy (non-hydrogen) atoms. The minimum Gasteiger partial charge on any atom is -0.302 e. The second kappa shape index (κ2) is 5.61. The van der Waals surface area contributed by atoms with Crippen molar-refractivity contribution in [3.05, 3.63) is 34.2 Å². The van der Waals surface area contributed by atoms with Crippen LogP contribution in [0.3, 0.4) is 0 Å². The van der Waals surface area contributed by atoms with E-state index in [1.54, 1.807) is 11.3 Å². The molecule has 1 aromatic heterocycles. The first-order chi connectivity index (χ1) is 9.29. The molecule has 2 heterocycles.